The number of aromatic nitrogens is 2. The van der Waals surface area contributed by atoms with Crippen LogP contribution in [-0.4, -0.2) is 49.6 Å². The van der Waals surface area contributed by atoms with Crippen LogP contribution in [0.1, 0.15) is 23.2 Å². The summed E-state index contributed by atoms with van der Waals surface area (Å²) in [6.45, 7) is 2.48. The standard InChI is InChI=1S/C11H20N4O3/c1-17-6-7-18-5-3-2-4-13-11(16)9-8-14-15-10(9)12/h8H,2-7H2,1H3,(H,13,16)(H3,12,14,15). The van der Waals surface area contributed by atoms with Gasteiger partial charge in [-0.15, -0.1) is 0 Å². The summed E-state index contributed by atoms with van der Waals surface area (Å²) in [6, 6.07) is 0. The van der Waals surface area contributed by atoms with Crippen LogP contribution in [0, 0.1) is 0 Å². The number of ether oxygens (including phenoxy) is 2. The lowest BCUT2D eigenvalue weighted by Crippen LogP contribution is -2.25. The van der Waals surface area contributed by atoms with Crippen LogP contribution in [0.25, 0.3) is 0 Å². The molecular weight excluding hydrogens is 236 g/mol. The van der Waals surface area contributed by atoms with E-state index in [-0.39, 0.29) is 11.7 Å². The van der Waals surface area contributed by atoms with Crippen molar-refractivity contribution in [3.63, 3.8) is 0 Å². The third kappa shape index (κ3) is 5.15. The minimum Gasteiger partial charge on any atom is -0.383 e. The Morgan fingerprint density at radius 1 is 1.44 bits per heavy atom. The lowest BCUT2D eigenvalue weighted by molar-refractivity contribution is 0.0686. The van der Waals surface area contributed by atoms with Crippen LogP contribution in [-0.2, 0) is 9.47 Å². The van der Waals surface area contributed by atoms with E-state index in [1.165, 1.54) is 6.20 Å². The molecule has 0 bridgehead atoms. The number of carbonyl (C=O) groups is 1. The largest absolute Gasteiger partial charge is 0.383 e. The number of hydrogen-bond donors (Lipinski definition) is 3. The summed E-state index contributed by atoms with van der Waals surface area (Å²) >= 11 is 0. The van der Waals surface area contributed by atoms with E-state index >= 15 is 0 Å². The van der Waals surface area contributed by atoms with E-state index in [0.717, 1.165) is 12.8 Å². The van der Waals surface area contributed by atoms with Gasteiger partial charge in [0, 0.05) is 20.3 Å². The average molecular weight is 256 g/mol. The third-order valence-corrected chi connectivity index (χ3v) is 2.35. The first-order chi connectivity index (χ1) is 8.75. The lowest BCUT2D eigenvalue weighted by atomic mass is 10.3. The van der Waals surface area contributed by atoms with Crippen molar-refractivity contribution in [1.29, 1.82) is 0 Å². The number of nitrogens with zero attached hydrogens (tertiary/aromatic N) is 1. The molecule has 1 aromatic heterocycles. The van der Waals surface area contributed by atoms with Crippen molar-refractivity contribution in [2.24, 2.45) is 0 Å². The van der Waals surface area contributed by atoms with Gasteiger partial charge in [-0.05, 0) is 12.8 Å². The summed E-state index contributed by atoms with van der Waals surface area (Å²) in [6.07, 6.45) is 3.17. The highest BCUT2D eigenvalue weighted by Gasteiger charge is 2.10. The second kappa shape index (κ2) is 8.48. The fourth-order valence-corrected chi connectivity index (χ4v) is 1.35. The molecule has 4 N–H and O–H groups in total. The fraction of sp³-hybridized carbons (Fsp3) is 0.636. The van der Waals surface area contributed by atoms with Crippen LogP contribution in [0.3, 0.4) is 0 Å². The van der Waals surface area contributed by atoms with E-state index in [4.69, 9.17) is 15.2 Å². The fourth-order valence-electron chi connectivity index (χ4n) is 1.35. The van der Waals surface area contributed by atoms with Crippen molar-refractivity contribution < 1.29 is 14.3 Å². The molecule has 0 unspecified atom stereocenters. The summed E-state index contributed by atoms with van der Waals surface area (Å²) in [5.74, 6) is 0.0805. The van der Waals surface area contributed by atoms with Gasteiger partial charge in [0.25, 0.3) is 5.91 Å². The number of nitrogens with two attached hydrogens (primary N) is 1. The maximum Gasteiger partial charge on any atom is 0.256 e. The second-order valence-electron chi connectivity index (χ2n) is 3.77. The van der Waals surface area contributed by atoms with E-state index in [0.29, 0.717) is 31.9 Å². The molecule has 0 atom stereocenters. The summed E-state index contributed by atoms with van der Waals surface area (Å²) in [5.41, 5.74) is 5.91. The van der Waals surface area contributed by atoms with Gasteiger partial charge < -0.3 is 20.5 Å². The zero-order valence-corrected chi connectivity index (χ0v) is 10.6. The van der Waals surface area contributed by atoms with Gasteiger partial charge >= 0.3 is 0 Å². The zero-order chi connectivity index (χ0) is 13.2. The predicted octanol–water partition coefficient (Wildman–Crippen LogP) is 0.165. The molecule has 18 heavy (non-hydrogen) atoms. The molecule has 0 aliphatic heterocycles. The smallest absolute Gasteiger partial charge is 0.256 e. The molecule has 0 aliphatic rings. The van der Waals surface area contributed by atoms with E-state index in [2.05, 4.69) is 15.5 Å². The highest BCUT2D eigenvalue weighted by atomic mass is 16.5. The quantitative estimate of drug-likeness (QED) is 0.546. The molecule has 0 spiro atoms. The van der Waals surface area contributed by atoms with Gasteiger partial charge in [-0.1, -0.05) is 0 Å². The van der Waals surface area contributed by atoms with Gasteiger partial charge in [0.15, 0.2) is 0 Å². The number of amides is 1. The molecule has 7 nitrogen and oxygen atoms in total. The Kier molecular flexibility index (Phi) is 6.82. The Hall–Kier alpha value is -1.60. The number of nitrogen functional groups attached to an aromatic ring is 1. The molecule has 0 aromatic carbocycles. The van der Waals surface area contributed by atoms with Gasteiger partial charge in [-0.2, -0.15) is 5.10 Å². The normalized spacial score (nSPS) is 10.5. The molecule has 0 fully saturated rings. The molecule has 0 radical (unpaired) electrons. The predicted molar refractivity (Wildman–Crippen MR) is 67.3 cm³/mol. The average Bonchev–Trinajstić information content (AvgIpc) is 2.79. The van der Waals surface area contributed by atoms with Crippen LogP contribution in [0.2, 0.25) is 0 Å². The molecule has 1 rings (SSSR count). The number of aromatic amines is 1. The Labute approximate surface area is 106 Å². The minimum atomic E-state index is -0.207. The first kappa shape index (κ1) is 14.5. The Morgan fingerprint density at radius 3 is 2.94 bits per heavy atom. The molecule has 0 aliphatic carbocycles. The molecular formula is C11H20N4O3. The summed E-state index contributed by atoms with van der Waals surface area (Å²) in [4.78, 5) is 11.6. The Bertz CT molecular complexity index is 354. The van der Waals surface area contributed by atoms with E-state index in [9.17, 15) is 4.79 Å². The maximum absolute atomic E-state index is 11.6. The SMILES string of the molecule is COCCOCCCCNC(=O)c1cn[nH]c1N. The van der Waals surface area contributed by atoms with Crippen molar-refractivity contribution in [3.8, 4) is 0 Å². The first-order valence-electron chi connectivity index (χ1n) is 5.89. The molecule has 0 saturated carbocycles. The van der Waals surface area contributed by atoms with Gasteiger partial charge in [0.1, 0.15) is 11.4 Å². The number of carbonyl (C=O) groups excluding carboxylic acids is 1. The van der Waals surface area contributed by atoms with Crippen LogP contribution in [0.5, 0.6) is 0 Å². The zero-order valence-electron chi connectivity index (χ0n) is 10.6. The van der Waals surface area contributed by atoms with Gasteiger partial charge in [-0.3, -0.25) is 9.89 Å². The first-order valence-corrected chi connectivity index (χ1v) is 5.89. The van der Waals surface area contributed by atoms with Crippen molar-refractivity contribution >= 4 is 11.7 Å². The van der Waals surface area contributed by atoms with Crippen LogP contribution < -0.4 is 11.1 Å². The Morgan fingerprint density at radius 2 is 2.28 bits per heavy atom. The molecule has 1 heterocycles. The van der Waals surface area contributed by atoms with Gasteiger partial charge in [-0.25, -0.2) is 0 Å². The van der Waals surface area contributed by atoms with Gasteiger partial charge in [0.2, 0.25) is 0 Å². The Balaban J connectivity index is 2.01. The van der Waals surface area contributed by atoms with Crippen molar-refractivity contribution in [2.75, 3.05) is 39.2 Å². The number of rotatable bonds is 9. The van der Waals surface area contributed by atoms with Crippen LogP contribution in [0.15, 0.2) is 6.20 Å². The van der Waals surface area contributed by atoms with Gasteiger partial charge in [0.05, 0.1) is 19.4 Å². The summed E-state index contributed by atoms with van der Waals surface area (Å²) in [5, 5.41) is 8.97. The highest BCUT2D eigenvalue weighted by Crippen LogP contribution is 2.04. The lowest BCUT2D eigenvalue weighted by Gasteiger charge is -2.05. The number of methoxy groups -OCH3 is 1. The number of anilines is 1. The van der Waals surface area contributed by atoms with Crippen molar-refractivity contribution in [1.82, 2.24) is 15.5 Å². The molecule has 0 saturated heterocycles. The second-order valence-corrected chi connectivity index (χ2v) is 3.77. The monoisotopic (exact) mass is 256 g/mol. The molecule has 1 aromatic rings. The van der Waals surface area contributed by atoms with E-state index in [1.807, 2.05) is 0 Å². The molecule has 7 heteroatoms. The van der Waals surface area contributed by atoms with Crippen LogP contribution in [0.4, 0.5) is 5.82 Å². The molecule has 1 amide bonds. The number of nitrogens with one attached hydrogen (secondary N) is 2. The van der Waals surface area contributed by atoms with E-state index in [1.54, 1.807) is 7.11 Å². The maximum atomic E-state index is 11.6. The number of hydrogen-bond acceptors (Lipinski definition) is 5. The minimum absolute atomic E-state index is 0.207. The number of unbranched alkanes of at least 4 members (excludes halogenated alkanes) is 1. The highest BCUT2D eigenvalue weighted by molar-refractivity contribution is 5.97. The molecule has 102 valence electrons. The van der Waals surface area contributed by atoms with Crippen molar-refractivity contribution in [3.05, 3.63) is 11.8 Å². The summed E-state index contributed by atoms with van der Waals surface area (Å²) in [7, 11) is 1.64. The van der Waals surface area contributed by atoms with Crippen LogP contribution >= 0.6 is 0 Å². The topological polar surface area (TPSA) is 102 Å². The third-order valence-electron chi connectivity index (χ3n) is 2.35. The number of H-pyrrole nitrogens is 1. The summed E-state index contributed by atoms with van der Waals surface area (Å²) < 4.78 is 10.2. The van der Waals surface area contributed by atoms with E-state index < -0.39 is 0 Å². The van der Waals surface area contributed by atoms with Crippen molar-refractivity contribution in [2.45, 2.75) is 12.8 Å².